The van der Waals surface area contributed by atoms with Gasteiger partial charge in [0, 0.05) is 61.3 Å². The molecule has 22 nitrogen and oxygen atoms in total. The molecule has 0 atom stereocenters. The molecule has 0 spiro atoms. The summed E-state index contributed by atoms with van der Waals surface area (Å²) < 4.78 is 106. The highest BCUT2D eigenvalue weighted by Crippen LogP contribution is 2.22. The van der Waals surface area contributed by atoms with Crippen molar-refractivity contribution in [3.8, 4) is 0 Å². The number of methoxy groups -OCH3 is 5. The number of hydrogen-bond acceptors (Lipinski definition) is 22. The van der Waals surface area contributed by atoms with Crippen molar-refractivity contribution in [3.63, 3.8) is 0 Å². The van der Waals surface area contributed by atoms with Crippen molar-refractivity contribution in [2.75, 3.05) is 247 Å². The van der Waals surface area contributed by atoms with Gasteiger partial charge < -0.3 is 94.7 Å². The molecule has 1 aliphatic rings. The van der Waals surface area contributed by atoms with Crippen LogP contribution in [0.1, 0.15) is 109 Å². The summed E-state index contributed by atoms with van der Waals surface area (Å²) in [4.78, 5) is 13.9. The Morgan fingerprint density at radius 2 is 0.828 bits per heavy atom. The summed E-state index contributed by atoms with van der Waals surface area (Å²) in [6, 6.07) is 11.0. The van der Waals surface area contributed by atoms with E-state index in [1.807, 2.05) is 94.4 Å². The zero-order valence-corrected chi connectivity index (χ0v) is 62.3. The summed E-state index contributed by atoms with van der Waals surface area (Å²) in [6.07, 6.45) is 9.14. The number of carbonyl (C=O) groups excluding carboxylic acids is 1. The van der Waals surface area contributed by atoms with Crippen LogP contribution in [0.25, 0.3) is 6.08 Å². The quantitative estimate of drug-likeness (QED) is 0.0338. The van der Waals surface area contributed by atoms with E-state index in [2.05, 4.69) is 69.0 Å². The summed E-state index contributed by atoms with van der Waals surface area (Å²) in [5, 5.41) is 0. The smallest absolute Gasteiger partial charge is 0.332 e. The first-order chi connectivity index (χ1) is 44.6. The Bertz CT molecular complexity index is 1640. The molecular formula is C71H139NO21. The van der Waals surface area contributed by atoms with Gasteiger partial charge in [-0.15, -0.1) is 0 Å². The van der Waals surface area contributed by atoms with Gasteiger partial charge in [0.25, 0.3) is 0 Å². The lowest BCUT2D eigenvalue weighted by atomic mass is 9.92. The standard InChI is InChI=1S/C17H36O7.C13H26O5.C13H16.C11H24O4.C10H22O4.C7H15NO/c1-16(2)24-15-17(12-21-9-6-18-3,13-22-10-7-19-4)14-23-11-8-20-5;1-11(2)13(3,4)18-12(14)10-17-9-8-16-7-6-15-5;1-12(2)8-6-7-11-13-9-4-3-5-10-13;1-4-12-5-6-13-7-8-14-9-10-15-11(2)3;1-10(2)14-9-8-13-7-6-12-5-4-11-3;1-7(2)8-3-5-9-6-4-8/h16H,6-15H2,1-5H3;11H,6-10H2,1-5H3;3-12H,1-2H3;11H,4-10H2,1-3H3;10H,4-9H2,1-3H3;7H,3-6H2,1-2H3/b;;8-6+,11-7+;;;. The Morgan fingerprint density at radius 1 is 0.462 bits per heavy atom. The summed E-state index contributed by atoms with van der Waals surface area (Å²) in [5.74, 6) is 0.546. The van der Waals surface area contributed by atoms with Gasteiger partial charge >= 0.3 is 5.97 Å². The molecule has 1 saturated heterocycles. The van der Waals surface area contributed by atoms with Crippen molar-refractivity contribution >= 4 is 12.0 Å². The van der Waals surface area contributed by atoms with Crippen LogP contribution in [0.3, 0.4) is 0 Å². The lowest BCUT2D eigenvalue weighted by Gasteiger charge is -2.33. The van der Waals surface area contributed by atoms with Crippen molar-refractivity contribution in [1.82, 2.24) is 4.90 Å². The van der Waals surface area contributed by atoms with E-state index < -0.39 is 5.60 Å². The fourth-order valence-electron chi connectivity index (χ4n) is 6.69. The minimum atomic E-state index is -0.463. The van der Waals surface area contributed by atoms with Gasteiger partial charge in [-0.2, -0.15) is 0 Å². The van der Waals surface area contributed by atoms with Crippen LogP contribution in [-0.4, -0.2) is 288 Å². The van der Waals surface area contributed by atoms with Gasteiger partial charge in [0.2, 0.25) is 0 Å². The molecular weight excluding hydrogens is 1200 g/mol. The Labute approximate surface area is 566 Å². The molecule has 0 N–H and O–H groups in total. The summed E-state index contributed by atoms with van der Waals surface area (Å²) in [6.45, 7) is 50.0. The molecule has 0 bridgehead atoms. The predicted octanol–water partition coefficient (Wildman–Crippen LogP) is 10.2. The first-order valence-electron chi connectivity index (χ1n) is 33.6. The van der Waals surface area contributed by atoms with E-state index in [1.165, 1.54) is 5.56 Å². The fraction of sp³-hybridized carbons (Fsp3) is 0.845. The number of benzene rings is 1. The molecule has 1 fully saturated rings. The second-order valence-electron chi connectivity index (χ2n) is 23.5. The number of esters is 1. The Kier molecular flexibility index (Phi) is 76.6. The third kappa shape index (κ3) is 76.6. The Hall–Kier alpha value is -2.63. The van der Waals surface area contributed by atoms with Crippen LogP contribution < -0.4 is 0 Å². The Morgan fingerprint density at radius 3 is 1.17 bits per heavy atom. The summed E-state index contributed by atoms with van der Waals surface area (Å²) in [7, 11) is 8.23. The number of rotatable bonds is 53. The monoisotopic (exact) mass is 1340 g/mol. The van der Waals surface area contributed by atoms with Crippen molar-refractivity contribution in [2.45, 2.75) is 134 Å². The largest absolute Gasteiger partial charge is 0.458 e. The number of hydrogen-bond donors (Lipinski definition) is 0. The fourth-order valence-corrected chi connectivity index (χ4v) is 6.69. The van der Waals surface area contributed by atoms with Gasteiger partial charge in [-0.05, 0) is 93.6 Å². The molecule has 93 heavy (non-hydrogen) atoms. The van der Waals surface area contributed by atoms with E-state index in [9.17, 15) is 4.79 Å². The third-order valence-corrected chi connectivity index (χ3v) is 12.6. The highest BCUT2D eigenvalue weighted by Gasteiger charge is 2.33. The molecule has 554 valence electrons. The van der Waals surface area contributed by atoms with E-state index in [4.69, 9.17) is 94.7 Å². The molecule has 1 aromatic carbocycles. The molecule has 2 rings (SSSR count). The number of carbonyl (C=O) groups is 1. The normalized spacial score (nSPS) is 12.8. The van der Waals surface area contributed by atoms with Crippen LogP contribution in [-0.2, 0) is 99.5 Å². The second-order valence-corrected chi connectivity index (χ2v) is 23.5. The summed E-state index contributed by atoms with van der Waals surface area (Å²) >= 11 is 0. The first kappa shape index (κ1) is 96.8. The molecule has 0 unspecified atom stereocenters. The van der Waals surface area contributed by atoms with Gasteiger partial charge in [0.15, 0.2) is 0 Å². The van der Waals surface area contributed by atoms with Crippen molar-refractivity contribution in [1.29, 1.82) is 0 Å². The van der Waals surface area contributed by atoms with Crippen LogP contribution in [0.2, 0.25) is 0 Å². The summed E-state index contributed by atoms with van der Waals surface area (Å²) in [5.41, 5.74) is 0.408. The molecule has 1 aliphatic heterocycles. The van der Waals surface area contributed by atoms with Gasteiger partial charge in [0.05, 0.1) is 209 Å². The van der Waals surface area contributed by atoms with Crippen molar-refractivity contribution in [3.05, 3.63) is 54.1 Å². The van der Waals surface area contributed by atoms with Crippen LogP contribution in [0, 0.1) is 17.3 Å². The van der Waals surface area contributed by atoms with Crippen molar-refractivity contribution < 1.29 is 99.5 Å². The maximum atomic E-state index is 11.5. The molecule has 0 saturated carbocycles. The van der Waals surface area contributed by atoms with Crippen LogP contribution >= 0.6 is 0 Å². The highest BCUT2D eigenvalue weighted by atomic mass is 16.6. The number of allylic oxidation sites excluding steroid dienone is 3. The van der Waals surface area contributed by atoms with Crippen LogP contribution in [0.4, 0.5) is 0 Å². The second kappa shape index (κ2) is 73.6. The number of ether oxygens (including phenoxy) is 20. The zero-order valence-electron chi connectivity index (χ0n) is 62.3. The maximum absolute atomic E-state index is 11.5. The topological polar surface area (TPSA) is 205 Å². The zero-order chi connectivity index (χ0) is 70.3. The lowest BCUT2D eigenvalue weighted by Crippen LogP contribution is -2.43. The average molecular weight is 1340 g/mol. The number of morpholine rings is 1. The molecule has 0 radical (unpaired) electrons. The van der Waals surface area contributed by atoms with Crippen LogP contribution in [0.15, 0.2) is 48.6 Å². The van der Waals surface area contributed by atoms with Crippen LogP contribution in [0.5, 0.6) is 0 Å². The average Bonchev–Trinajstić information content (AvgIpc) is 1.61. The maximum Gasteiger partial charge on any atom is 0.332 e. The molecule has 22 heteroatoms. The minimum absolute atomic E-state index is 0.0379. The van der Waals surface area contributed by atoms with Gasteiger partial charge in [-0.3, -0.25) is 4.90 Å². The van der Waals surface area contributed by atoms with E-state index in [1.54, 1.807) is 35.5 Å². The van der Waals surface area contributed by atoms with Gasteiger partial charge in [-0.1, -0.05) is 82.3 Å². The number of nitrogens with zero attached hydrogens (tertiary/aromatic N) is 1. The van der Waals surface area contributed by atoms with Crippen molar-refractivity contribution in [2.24, 2.45) is 17.3 Å². The van der Waals surface area contributed by atoms with E-state index in [0.29, 0.717) is 184 Å². The highest BCUT2D eigenvalue weighted by molar-refractivity contribution is 5.71. The molecule has 0 aromatic heterocycles. The SMILES string of the molecule is CC(C)/C=C/C=C/c1ccccc1.CC(C)N1CCOCC1.CCOCCOCCOCCOC(C)C.COCCOCC(COCCOC)(COCCOC)COC(C)C.COCCOCCOCC(=O)OC(C)(C)C(C)C.COCCOCCOCCOC(C)C. The van der Waals surface area contributed by atoms with E-state index in [-0.39, 0.29) is 42.2 Å². The minimum Gasteiger partial charge on any atom is -0.458 e. The van der Waals surface area contributed by atoms with Gasteiger partial charge in [-0.25, -0.2) is 4.79 Å². The molecule has 0 aliphatic carbocycles. The van der Waals surface area contributed by atoms with E-state index in [0.717, 1.165) is 32.9 Å². The Balaban J connectivity index is -0.000000522. The van der Waals surface area contributed by atoms with Gasteiger partial charge in [0.1, 0.15) is 12.2 Å². The molecule has 1 heterocycles. The first-order valence-corrected chi connectivity index (χ1v) is 33.6. The lowest BCUT2D eigenvalue weighted by molar-refractivity contribution is -0.166. The third-order valence-electron chi connectivity index (χ3n) is 12.6. The van der Waals surface area contributed by atoms with E-state index >= 15 is 0 Å². The molecule has 0 amide bonds. The molecule has 1 aromatic rings. The predicted molar refractivity (Wildman–Crippen MR) is 371 cm³/mol.